The van der Waals surface area contributed by atoms with Gasteiger partial charge in [-0.15, -0.1) is 0 Å². The molecular weight excluding hydrogens is 654 g/mol. The molecule has 0 aromatic heterocycles. The van der Waals surface area contributed by atoms with Crippen molar-refractivity contribution in [1.29, 1.82) is 0 Å². The summed E-state index contributed by atoms with van der Waals surface area (Å²) < 4.78 is 135. The molecule has 2 unspecified atom stereocenters. The first kappa shape index (κ1) is 33.4. The zero-order valence-electron chi connectivity index (χ0n) is 20.2. The predicted molar refractivity (Wildman–Crippen MR) is 129 cm³/mol. The van der Waals surface area contributed by atoms with Gasteiger partial charge in [0.1, 0.15) is 24.3 Å². The fraction of sp³-hybridized carbons (Fsp3) is 0.333. The number of nitrogens with one attached hydrogen (secondary N) is 1. The van der Waals surface area contributed by atoms with E-state index in [1.54, 1.807) is 0 Å². The normalized spacial score (nSPS) is 14.5. The number of rotatable bonds is 7. The topological polar surface area (TPSA) is 49.4 Å². The van der Waals surface area contributed by atoms with Crippen molar-refractivity contribution in [3.05, 3.63) is 74.2 Å². The highest BCUT2D eigenvalue weighted by molar-refractivity contribution is 9.10. The maximum Gasteiger partial charge on any atom is 0.417 e. The van der Waals surface area contributed by atoms with Gasteiger partial charge >= 0.3 is 18.5 Å². The van der Waals surface area contributed by atoms with Gasteiger partial charge in [-0.05, 0) is 58.8 Å². The van der Waals surface area contributed by atoms with Crippen LogP contribution in [0.25, 0.3) is 5.83 Å². The molecule has 0 aliphatic heterocycles. The van der Waals surface area contributed by atoms with E-state index in [0.717, 1.165) is 26.1 Å². The van der Waals surface area contributed by atoms with Gasteiger partial charge in [0, 0.05) is 17.1 Å². The van der Waals surface area contributed by atoms with Crippen molar-refractivity contribution in [3.63, 3.8) is 0 Å². The summed E-state index contributed by atoms with van der Waals surface area (Å²) in [4.78, 5) is 24.8. The van der Waals surface area contributed by atoms with Crippen LogP contribution in [0.1, 0.15) is 39.9 Å². The second kappa shape index (κ2) is 12.4. The highest BCUT2D eigenvalue weighted by atomic mass is 79.9. The van der Waals surface area contributed by atoms with Gasteiger partial charge in [0.25, 0.3) is 5.91 Å². The summed E-state index contributed by atoms with van der Waals surface area (Å²) in [7, 11) is 0.764. The number of likely N-dealkylation sites (N-methyl/N-ethyl adjacent to an activating group) is 1. The average molecular weight is 672 g/mol. The molecule has 0 saturated carbocycles. The van der Waals surface area contributed by atoms with E-state index < -0.39 is 76.9 Å². The number of allylic oxidation sites excluding steroid dienone is 1. The molecule has 1 N–H and O–H groups in total. The van der Waals surface area contributed by atoms with E-state index in [0.29, 0.717) is 12.1 Å². The Morgan fingerprint density at radius 3 is 2.12 bits per heavy atom. The number of carbonyl (C=O) groups is 2. The van der Waals surface area contributed by atoms with E-state index >= 15 is 0 Å². The van der Waals surface area contributed by atoms with Crippen LogP contribution in [-0.4, -0.2) is 48.7 Å². The first-order chi connectivity index (χ1) is 18.1. The van der Waals surface area contributed by atoms with E-state index in [-0.39, 0.29) is 26.5 Å². The highest BCUT2D eigenvalue weighted by Gasteiger charge is 2.41. The summed E-state index contributed by atoms with van der Waals surface area (Å²) in [5.41, 5.74) is -4.36. The molecule has 0 radical (unpaired) electrons. The van der Waals surface area contributed by atoms with Crippen LogP contribution >= 0.6 is 27.5 Å². The third kappa shape index (κ3) is 8.85. The van der Waals surface area contributed by atoms with Gasteiger partial charge in [-0.3, -0.25) is 9.59 Å². The monoisotopic (exact) mass is 670 g/mol. The Balaban J connectivity index is 2.44. The van der Waals surface area contributed by atoms with Gasteiger partial charge in [-0.25, -0.2) is 4.39 Å². The van der Waals surface area contributed by atoms with Crippen molar-refractivity contribution in [3.8, 4) is 0 Å². The van der Waals surface area contributed by atoms with Gasteiger partial charge in [0.05, 0.1) is 16.1 Å². The molecule has 0 spiro atoms. The minimum Gasteiger partial charge on any atom is -0.341 e. The average Bonchev–Trinajstić information content (AvgIpc) is 2.80. The molecule has 0 bridgehead atoms. The first-order valence-corrected chi connectivity index (χ1v) is 12.0. The van der Waals surface area contributed by atoms with E-state index in [9.17, 15) is 53.5 Å². The predicted octanol–water partition coefficient (Wildman–Crippen LogP) is 7.92. The third-order valence-electron chi connectivity index (χ3n) is 5.32. The van der Waals surface area contributed by atoms with Crippen LogP contribution in [0.3, 0.4) is 0 Å². The minimum absolute atomic E-state index is 0.0476. The van der Waals surface area contributed by atoms with Crippen LogP contribution in [0.5, 0.6) is 0 Å². The molecule has 0 saturated heterocycles. The first-order valence-electron chi connectivity index (χ1n) is 10.8. The molecule has 2 amide bonds. The van der Waals surface area contributed by atoms with Gasteiger partial charge in [0.2, 0.25) is 5.91 Å². The second-order valence-corrected chi connectivity index (χ2v) is 9.73. The van der Waals surface area contributed by atoms with Crippen LogP contribution < -0.4 is 5.32 Å². The Labute approximate surface area is 234 Å². The lowest BCUT2D eigenvalue weighted by atomic mass is 9.95. The van der Waals surface area contributed by atoms with Crippen LogP contribution in [0.2, 0.25) is 5.02 Å². The summed E-state index contributed by atoms with van der Waals surface area (Å²) in [6, 6.07) is 2.55. The maximum absolute atomic E-state index is 14.9. The smallest absolute Gasteiger partial charge is 0.341 e. The van der Waals surface area contributed by atoms with Crippen LogP contribution in [-0.2, 0) is 11.0 Å². The zero-order chi connectivity index (χ0) is 30.8. The molecule has 2 aromatic carbocycles. The number of hydrogen-bond donors (Lipinski definition) is 1. The van der Waals surface area contributed by atoms with Crippen LogP contribution in [0.15, 0.2) is 46.9 Å². The van der Waals surface area contributed by atoms with Gasteiger partial charge in [-0.2, -0.15) is 39.5 Å². The van der Waals surface area contributed by atoms with Crippen molar-refractivity contribution in [2.45, 2.75) is 37.4 Å². The number of benzene rings is 2. The summed E-state index contributed by atoms with van der Waals surface area (Å²) in [6.45, 7) is -0.756. The fourth-order valence-electron chi connectivity index (χ4n) is 3.47. The molecule has 2 rings (SSSR count). The lowest BCUT2D eigenvalue weighted by molar-refractivity contribution is -0.159. The van der Waals surface area contributed by atoms with Crippen molar-refractivity contribution in [2.24, 2.45) is 0 Å². The van der Waals surface area contributed by atoms with E-state index in [2.05, 4.69) is 15.9 Å². The van der Waals surface area contributed by atoms with Gasteiger partial charge in [-0.1, -0.05) is 23.7 Å². The van der Waals surface area contributed by atoms with Crippen molar-refractivity contribution < 1.29 is 53.5 Å². The van der Waals surface area contributed by atoms with Crippen LogP contribution in [0, 0.1) is 0 Å². The number of amides is 2. The quantitative estimate of drug-likeness (QED) is 0.304. The van der Waals surface area contributed by atoms with E-state index in [1.807, 2.05) is 5.32 Å². The summed E-state index contributed by atoms with van der Waals surface area (Å²) in [5.74, 6) is -7.11. The van der Waals surface area contributed by atoms with E-state index in [1.165, 1.54) is 6.07 Å². The summed E-state index contributed by atoms with van der Waals surface area (Å²) in [6.07, 6.45) is -15.1. The number of nitrogens with zero attached hydrogens (tertiary/aromatic N) is 1. The lowest BCUT2D eigenvalue weighted by Gasteiger charge is -2.23. The van der Waals surface area contributed by atoms with Crippen LogP contribution in [0.4, 0.5) is 43.9 Å². The fourth-order valence-corrected chi connectivity index (χ4v) is 3.90. The number of halogens is 12. The molecule has 220 valence electrons. The molecule has 2 aromatic rings. The highest BCUT2D eigenvalue weighted by Crippen LogP contribution is 2.41. The molecule has 40 heavy (non-hydrogen) atoms. The van der Waals surface area contributed by atoms with Crippen molar-refractivity contribution >= 4 is 45.2 Å². The summed E-state index contributed by atoms with van der Waals surface area (Å²) in [5, 5.41) is 1.70. The Morgan fingerprint density at radius 1 is 1.02 bits per heavy atom. The van der Waals surface area contributed by atoms with Gasteiger partial charge in [0.15, 0.2) is 0 Å². The maximum atomic E-state index is 14.9. The summed E-state index contributed by atoms with van der Waals surface area (Å²) >= 11 is 8.81. The molecule has 0 fully saturated rings. The number of hydrogen-bond acceptors (Lipinski definition) is 2. The minimum atomic E-state index is -5.31. The lowest BCUT2D eigenvalue weighted by Crippen LogP contribution is -2.48. The number of carbonyl (C=O) groups excluding carboxylic acids is 2. The third-order valence-corrected chi connectivity index (χ3v) is 6.56. The van der Waals surface area contributed by atoms with E-state index in [4.69, 9.17) is 11.6 Å². The second-order valence-electron chi connectivity index (χ2n) is 8.47. The standard InChI is InChI=1S/C24H18BrClF10N2O2/c1-11(21(40)38(2)10-22(28,29)30)37-20(39)14-5-3-13(7-16(14)24(34,35)36)19(27)9-15(23(31,32)33)12-4-6-17(25)18(26)8-12/h3-9,11,15H,10H2,1-2H3,(H,37,39)/b19-9-. The molecule has 4 nitrogen and oxygen atoms in total. The van der Waals surface area contributed by atoms with Crippen molar-refractivity contribution in [1.82, 2.24) is 10.2 Å². The van der Waals surface area contributed by atoms with Crippen molar-refractivity contribution in [2.75, 3.05) is 13.6 Å². The molecule has 2 atom stereocenters. The molecule has 0 heterocycles. The SMILES string of the molecule is CC(NC(=O)c1ccc(/C(F)=C/C(c2ccc(Br)c(Cl)c2)C(F)(F)F)cc1C(F)(F)F)C(=O)N(C)CC(F)(F)F. The number of alkyl halides is 9. The molecular formula is C24H18BrClF10N2O2. The van der Waals surface area contributed by atoms with Gasteiger partial charge < -0.3 is 10.2 Å². The molecule has 0 aliphatic rings. The molecule has 0 aliphatic carbocycles. The zero-order valence-corrected chi connectivity index (χ0v) is 22.5. The largest absolute Gasteiger partial charge is 0.417 e. The molecule has 16 heteroatoms. The Bertz CT molecular complexity index is 1290. The Kier molecular flexibility index (Phi) is 10.3. The Morgan fingerprint density at radius 2 is 1.62 bits per heavy atom. The Hall–Kier alpha value is -2.81.